The Balaban J connectivity index is 1.19. The number of para-hydroxylation sites is 2. The van der Waals surface area contributed by atoms with Crippen LogP contribution in [0.4, 0.5) is 4.79 Å². The maximum absolute atomic E-state index is 13.1. The first-order chi connectivity index (χ1) is 18.0. The number of benzene rings is 3. The summed E-state index contributed by atoms with van der Waals surface area (Å²) in [7, 11) is 0. The van der Waals surface area contributed by atoms with Crippen molar-refractivity contribution >= 4 is 28.0 Å². The summed E-state index contributed by atoms with van der Waals surface area (Å²) in [5.41, 5.74) is 4.50. The Labute approximate surface area is 216 Å². The lowest BCUT2D eigenvalue weighted by Gasteiger charge is -2.44. The summed E-state index contributed by atoms with van der Waals surface area (Å²) in [6, 6.07) is 20.4. The van der Waals surface area contributed by atoms with Crippen molar-refractivity contribution < 1.29 is 18.7 Å². The zero-order valence-corrected chi connectivity index (χ0v) is 21.3. The van der Waals surface area contributed by atoms with Gasteiger partial charge in [-0.25, -0.2) is 4.79 Å². The fraction of sp³-hybridized carbons (Fsp3) is 0.387. The number of furan rings is 1. The molecule has 0 radical (unpaired) electrons. The van der Waals surface area contributed by atoms with Crippen LogP contribution in [0.25, 0.3) is 33.1 Å². The molecule has 2 bridgehead atoms. The normalized spacial score (nSPS) is 26.0. The molecule has 5 heterocycles. The van der Waals surface area contributed by atoms with E-state index in [1.54, 1.807) is 0 Å². The lowest BCUT2D eigenvalue weighted by molar-refractivity contribution is -0.0361. The minimum absolute atomic E-state index is 0.0170. The summed E-state index contributed by atoms with van der Waals surface area (Å²) in [6.07, 6.45) is 1.88. The fourth-order valence-corrected chi connectivity index (χ4v) is 6.41. The van der Waals surface area contributed by atoms with Gasteiger partial charge < -0.3 is 19.2 Å². The lowest BCUT2D eigenvalue weighted by atomic mass is 9.78. The van der Waals surface area contributed by atoms with Gasteiger partial charge in [0, 0.05) is 33.9 Å². The van der Waals surface area contributed by atoms with Crippen LogP contribution in [0.15, 0.2) is 65.1 Å². The smallest absolute Gasteiger partial charge is 0.407 e. The number of rotatable bonds is 3. The molecule has 2 atom stereocenters. The number of hydrogen-bond acceptors (Lipinski definition) is 5. The second-order valence-electron chi connectivity index (χ2n) is 11.5. The minimum Gasteiger partial charge on any atom is -0.493 e. The quantitative estimate of drug-likeness (QED) is 0.349. The Hall–Kier alpha value is -3.51. The number of fused-ring (bicyclic) bond motifs is 7. The Morgan fingerprint density at radius 3 is 2.65 bits per heavy atom. The van der Waals surface area contributed by atoms with Gasteiger partial charge >= 0.3 is 6.09 Å². The summed E-state index contributed by atoms with van der Waals surface area (Å²) in [5, 5.41) is 5.41. The molecule has 1 N–H and O–H groups in total. The van der Waals surface area contributed by atoms with Crippen molar-refractivity contribution in [3.05, 3.63) is 66.2 Å². The minimum atomic E-state index is -0.333. The molecule has 8 rings (SSSR count). The molecule has 0 saturated carbocycles. The molecule has 6 heteroatoms. The van der Waals surface area contributed by atoms with E-state index in [1.807, 2.05) is 18.2 Å². The first kappa shape index (κ1) is 22.7. The molecule has 1 unspecified atom stereocenters. The van der Waals surface area contributed by atoms with E-state index in [0.717, 1.165) is 76.9 Å². The standard InChI is InChI=1S/C31H32N2O4/c1-31(2)18-35-26-16-20(21-7-5-8-23-22-6-3-4-9-25(22)36-28(21)23)10-11-24(26)29(31)32-30(34)37-27-17-33-14-12-19(27)13-15-33/h3-11,16,19,27,29H,12-15,17-18H2,1-2H3,(H,32,34)/t27-,29?/m1/s1. The molecule has 1 aromatic heterocycles. The Kier molecular flexibility index (Phi) is 5.22. The highest BCUT2D eigenvalue weighted by Gasteiger charge is 2.41. The van der Waals surface area contributed by atoms with E-state index in [4.69, 9.17) is 13.9 Å². The van der Waals surface area contributed by atoms with Gasteiger partial charge in [0.25, 0.3) is 0 Å². The monoisotopic (exact) mass is 496 g/mol. The molecule has 0 aliphatic carbocycles. The molecule has 3 aromatic carbocycles. The van der Waals surface area contributed by atoms with E-state index >= 15 is 0 Å². The first-order valence-corrected chi connectivity index (χ1v) is 13.3. The summed E-state index contributed by atoms with van der Waals surface area (Å²) in [4.78, 5) is 15.5. The van der Waals surface area contributed by atoms with Crippen LogP contribution in [0.5, 0.6) is 5.75 Å². The van der Waals surface area contributed by atoms with Crippen LogP contribution in [0.2, 0.25) is 0 Å². The van der Waals surface area contributed by atoms with Gasteiger partial charge in [-0.1, -0.05) is 62.4 Å². The van der Waals surface area contributed by atoms with Crippen molar-refractivity contribution in [2.45, 2.75) is 38.8 Å². The molecule has 6 nitrogen and oxygen atoms in total. The average Bonchev–Trinajstić information content (AvgIpc) is 3.30. The van der Waals surface area contributed by atoms with Gasteiger partial charge in [-0.2, -0.15) is 0 Å². The Bertz CT molecular complexity index is 1500. The highest BCUT2D eigenvalue weighted by molar-refractivity contribution is 6.09. The van der Waals surface area contributed by atoms with Gasteiger partial charge in [-0.3, -0.25) is 4.90 Å². The number of amides is 1. The number of alkyl carbamates (subject to hydrolysis) is 1. The predicted molar refractivity (Wildman–Crippen MR) is 144 cm³/mol. The molecular weight excluding hydrogens is 464 g/mol. The topological polar surface area (TPSA) is 63.9 Å². The van der Waals surface area contributed by atoms with Crippen LogP contribution in [-0.2, 0) is 4.74 Å². The van der Waals surface area contributed by atoms with Crippen LogP contribution in [0.3, 0.4) is 0 Å². The van der Waals surface area contributed by atoms with E-state index in [1.165, 1.54) is 0 Å². The highest BCUT2D eigenvalue weighted by atomic mass is 16.6. The van der Waals surface area contributed by atoms with Crippen LogP contribution in [-0.4, -0.2) is 43.3 Å². The summed E-state index contributed by atoms with van der Waals surface area (Å²) in [5.74, 6) is 1.27. The van der Waals surface area contributed by atoms with Crippen molar-refractivity contribution in [3.8, 4) is 16.9 Å². The van der Waals surface area contributed by atoms with Gasteiger partial charge in [0.05, 0.1) is 12.6 Å². The third-order valence-corrected chi connectivity index (χ3v) is 8.54. The second-order valence-corrected chi connectivity index (χ2v) is 11.5. The number of nitrogens with zero attached hydrogens (tertiary/aromatic N) is 1. The SMILES string of the molecule is CC1(C)COc2cc(-c3cccc4c3oc3ccccc34)ccc2C1NC(=O)O[C@@H]1CN2CCC1CC2. The molecule has 0 spiro atoms. The molecule has 4 aliphatic rings. The highest BCUT2D eigenvalue weighted by Crippen LogP contribution is 2.45. The van der Waals surface area contributed by atoms with E-state index in [-0.39, 0.29) is 23.7 Å². The van der Waals surface area contributed by atoms with Crippen LogP contribution >= 0.6 is 0 Å². The van der Waals surface area contributed by atoms with Gasteiger partial charge in [-0.15, -0.1) is 0 Å². The van der Waals surface area contributed by atoms with Gasteiger partial charge in [-0.05, 0) is 49.5 Å². The lowest BCUT2D eigenvalue weighted by Crippen LogP contribution is -2.53. The van der Waals surface area contributed by atoms with Gasteiger partial charge in [0.15, 0.2) is 0 Å². The predicted octanol–water partition coefficient (Wildman–Crippen LogP) is 6.53. The van der Waals surface area contributed by atoms with Gasteiger partial charge in [0.1, 0.15) is 23.0 Å². The van der Waals surface area contributed by atoms with Crippen molar-refractivity contribution in [1.82, 2.24) is 10.2 Å². The molecule has 4 aromatic rings. The summed E-state index contributed by atoms with van der Waals surface area (Å²) < 4.78 is 18.5. The Morgan fingerprint density at radius 2 is 1.84 bits per heavy atom. The summed E-state index contributed by atoms with van der Waals surface area (Å²) in [6.45, 7) is 7.84. The van der Waals surface area contributed by atoms with Crippen molar-refractivity contribution in [2.24, 2.45) is 11.3 Å². The van der Waals surface area contributed by atoms with Crippen molar-refractivity contribution in [3.63, 3.8) is 0 Å². The molecule has 1 amide bonds. The average molecular weight is 497 g/mol. The third kappa shape index (κ3) is 3.86. The number of piperidine rings is 3. The van der Waals surface area contributed by atoms with Gasteiger partial charge in [0.2, 0.25) is 0 Å². The first-order valence-electron chi connectivity index (χ1n) is 13.3. The number of ether oxygens (including phenoxy) is 2. The fourth-order valence-electron chi connectivity index (χ4n) is 6.41. The Morgan fingerprint density at radius 1 is 1.03 bits per heavy atom. The van der Waals surface area contributed by atoms with Crippen LogP contribution < -0.4 is 10.1 Å². The maximum Gasteiger partial charge on any atom is 0.407 e. The van der Waals surface area contributed by atoms with Crippen molar-refractivity contribution in [2.75, 3.05) is 26.2 Å². The van der Waals surface area contributed by atoms with E-state index in [2.05, 4.69) is 66.5 Å². The molecule has 4 aliphatic heterocycles. The third-order valence-electron chi connectivity index (χ3n) is 8.54. The number of carbonyl (C=O) groups excluding carboxylic acids is 1. The van der Waals surface area contributed by atoms with Crippen LogP contribution in [0, 0.1) is 11.3 Å². The van der Waals surface area contributed by atoms with Crippen molar-refractivity contribution in [1.29, 1.82) is 0 Å². The second kappa shape index (κ2) is 8.52. The van der Waals surface area contributed by atoms with E-state index in [0.29, 0.717) is 12.5 Å². The maximum atomic E-state index is 13.1. The zero-order valence-electron chi connectivity index (χ0n) is 21.3. The number of carbonyl (C=O) groups is 1. The van der Waals surface area contributed by atoms with Crippen LogP contribution in [0.1, 0.15) is 38.3 Å². The van der Waals surface area contributed by atoms with E-state index in [9.17, 15) is 4.79 Å². The molecule has 3 saturated heterocycles. The zero-order chi connectivity index (χ0) is 25.1. The summed E-state index contributed by atoms with van der Waals surface area (Å²) >= 11 is 0. The number of hydrogen-bond donors (Lipinski definition) is 1. The molecular formula is C31H32N2O4. The molecule has 37 heavy (non-hydrogen) atoms. The largest absolute Gasteiger partial charge is 0.493 e. The molecule has 3 fully saturated rings. The van der Waals surface area contributed by atoms with E-state index < -0.39 is 0 Å². The molecule has 190 valence electrons. The number of nitrogens with one attached hydrogen (secondary N) is 1.